The minimum Gasteiger partial charge on any atom is -0.453 e. The largest absolute Gasteiger partial charge is 0.453 e. The van der Waals surface area contributed by atoms with Crippen molar-refractivity contribution in [1.29, 1.82) is 0 Å². The molecule has 0 radical (unpaired) electrons. The Morgan fingerprint density at radius 2 is 1.48 bits per heavy atom. The number of ether oxygens (including phenoxy) is 2. The second kappa shape index (κ2) is 11.6. The van der Waals surface area contributed by atoms with E-state index >= 15 is 0 Å². The fraction of sp³-hybridized carbons (Fsp3) is 0.481. The highest BCUT2D eigenvalue weighted by molar-refractivity contribution is 5.70. The fourth-order valence-electron chi connectivity index (χ4n) is 5.18. The minimum absolute atomic E-state index is 0.0718. The van der Waals surface area contributed by atoms with Gasteiger partial charge < -0.3 is 14.4 Å². The summed E-state index contributed by atoms with van der Waals surface area (Å²) in [4.78, 5) is 26.6. The van der Waals surface area contributed by atoms with E-state index in [1.54, 1.807) is 11.8 Å². The zero-order valence-corrected chi connectivity index (χ0v) is 22.7. The Kier molecular flexibility index (Phi) is 9.04. The third-order valence-electron chi connectivity index (χ3n) is 7.01. The van der Waals surface area contributed by atoms with Gasteiger partial charge >= 0.3 is 24.6 Å². The number of hydrogen-bond donors (Lipinski definition) is 0. The van der Waals surface area contributed by atoms with Crippen LogP contribution in [-0.2, 0) is 39.3 Å². The quantitative estimate of drug-likeness (QED) is 0.234. The van der Waals surface area contributed by atoms with Crippen molar-refractivity contribution in [1.82, 2.24) is 4.90 Å². The van der Waals surface area contributed by atoms with Gasteiger partial charge in [-0.2, -0.15) is 39.5 Å². The van der Waals surface area contributed by atoms with E-state index in [1.807, 2.05) is 0 Å². The van der Waals surface area contributed by atoms with Crippen LogP contribution < -0.4 is 4.90 Å². The number of methoxy groups -OCH3 is 1. The first-order valence-electron chi connectivity index (χ1n) is 12.5. The van der Waals surface area contributed by atoms with Gasteiger partial charge in [-0.1, -0.05) is 6.92 Å². The molecule has 2 aromatic carbocycles. The van der Waals surface area contributed by atoms with Gasteiger partial charge in [-0.05, 0) is 74.2 Å². The van der Waals surface area contributed by atoms with E-state index in [4.69, 9.17) is 9.47 Å². The van der Waals surface area contributed by atoms with Gasteiger partial charge in [0.25, 0.3) is 6.47 Å². The summed E-state index contributed by atoms with van der Waals surface area (Å²) in [7, 11) is 0.920. The minimum atomic E-state index is -5.16. The molecule has 15 heteroatoms. The molecular weight excluding hydrogens is 587 g/mol. The number of benzene rings is 2. The lowest BCUT2D eigenvalue weighted by Gasteiger charge is -2.50. The molecular formula is C27H27F9N2O4. The monoisotopic (exact) mass is 614 g/mol. The molecule has 1 heterocycles. The Morgan fingerprint density at radius 1 is 0.929 bits per heavy atom. The summed E-state index contributed by atoms with van der Waals surface area (Å²) in [6.45, 7) is 4.00. The number of alkyl halides is 9. The van der Waals surface area contributed by atoms with Crippen molar-refractivity contribution in [3.8, 4) is 0 Å². The summed E-state index contributed by atoms with van der Waals surface area (Å²) in [5.41, 5.74) is -6.32. The molecule has 0 saturated heterocycles. The van der Waals surface area contributed by atoms with Crippen LogP contribution in [-0.4, -0.2) is 36.3 Å². The van der Waals surface area contributed by atoms with Crippen molar-refractivity contribution in [3.63, 3.8) is 0 Å². The average molecular weight is 615 g/mol. The molecule has 0 bridgehead atoms. The number of carbonyl (C=O) groups is 2. The molecule has 0 aromatic heterocycles. The van der Waals surface area contributed by atoms with Crippen molar-refractivity contribution in [2.24, 2.45) is 0 Å². The van der Waals surface area contributed by atoms with E-state index in [0.29, 0.717) is 18.6 Å². The SMILES string of the molecule is CCC1CC(N(Cc2cc(C(F)(F)F)cc(C(F)(F)F)c2)C(=O)OC)c2cc(C(F)(F)F)ccc2N1C(C)(C)OC=O. The summed E-state index contributed by atoms with van der Waals surface area (Å²) in [6.07, 6.45) is -16.2. The molecule has 0 fully saturated rings. The zero-order chi connectivity index (χ0) is 31.8. The van der Waals surface area contributed by atoms with Crippen molar-refractivity contribution < 1.29 is 58.6 Å². The summed E-state index contributed by atoms with van der Waals surface area (Å²) in [5.74, 6) is 0. The lowest BCUT2D eigenvalue weighted by Crippen LogP contribution is -2.56. The molecule has 0 aliphatic carbocycles. The maximum Gasteiger partial charge on any atom is 0.416 e. The van der Waals surface area contributed by atoms with Gasteiger partial charge in [0.2, 0.25) is 0 Å². The van der Waals surface area contributed by atoms with Crippen LogP contribution in [0.25, 0.3) is 0 Å². The topological polar surface area (TPSA) is 59.1 Å². The van der Waals surface area contributed by atoms with Crippen LogP contribution in [0.4, 0.5) is 50.0 Å². The normalized spacial score (nSPS) is 17.9. The number of anilines is 1. The number of amides is 1. The van der Waals surface area contributed by atoms with Gasteiger partial charge in [-0.3, -0.25) is 9.69 Å². The highest BCUT2D eigenvalue weighted by Crippen LogP contribution is 2.47. The van der Waals surface area contributed by atoms with Crippen LogP contribution in [0.5, 0.6) is 0 Å². The van der Waals surface area contributed by atoms with Crippen molar-refractivity contribution in [2.45, 2.75) is 76.5 Å². The van der Waals surface area contributed by atoms with E-state index in [-0.39, 0.29) is 30.2 Å². The van der Waals surface area contributed by atoms with Crippen molar-refractivity contribution >= 4 is 18.3 Å². The van der Waals surface area contributed by atoms with Gasteiger partial charge in [-0.15, -0.1) is 0 Å². The predicted molar refractivity (Wildman–Crippen MR) is 131 cm³/mol. The first kappa shape index (κ1) is 32.9. The second-order valence-electron chi connectivity index (χ2n) is 10.1. The molecule has 2 aromatic rings. The number of hydrogen-bond acceptors (Lipinski definition) is 5. The molecule has 2 atom stereocenters. The van der Waals surface area contributed by atoms with E-state index in [1.165, 1.54) is 13.8 Å². The predicted octanol–water partition coefficient (Wildman–Crippen LogP) is 7.95. The Morgan fingerprint density at radius 3 is 1.93 bits per heavy atom. The summed E-state index contributed by atoms with van der Waals surface area (Å²) in [5, 5.41) is 0. The maximum absolute atomic E-state index is 13.8. The van der Waals surface area contributed by atoms with Crippen LogP contribution in [0.2, 0.25) is 0 Å². The maximum atomic E-state index is 13.8. The lowest BCUT2D eigenvalue weighted by molar-refractivity contribution is -0.143. The Hall–Kier alpha value is -3.65. The first-order valence-corrected chi connectivity index (χ1v) is 12.5. The van der Waals surface area contributed by atoms with Gasteiger partial charge in [0.05, 0.1) is 29.8 Å². The number of carbonyl (C=O) groups excluding carboxylic acids is 2. The third-order valence-corrected chi connectivity index (χ3v) is 7.01. The van der Waals surface area contributed by atoms with Crippen LogP contribution in [0.15, 0.2) is 36.4 Å². The molecule has 232 valence electrons. The van der Waals surface area contributed by atoms with E-state index in [0.717, 1.165) is 30.2 Å². The number of halogens is 9. The van der Waals surface area contributed by atoms with Crippen LogP contribution in [0, 0.1) is 0 Å². The molecule has 1 aliphatic heterocycles. The molecule has 42 heavy (non-hydrogen) atoms. The Bertz CT molecular complexity index is 1270. The average Bonchev–Trinajstić information content (AvgIpc) is 2.88. The van der Waals surface area contributed by atoms with Gasteiger partial charge in [0, 0.05) is 18.3 Å². The highest BCUT2D eigenvalue weighted by Gasteiger charge is 2.45. The Labute approximate surface area is 235 Å². The van der Waals surface area contributed by atoms with Gasteiger partial charge in [-0.25, -0.2) is 4.79 Å². The summed E-state index contributed by atoms with van der Waals surface area (Å²) >= 11 is 0. The highest BCUT2D eigenvalue weighted by atomic mass is 19.4. The number of rotatable bonds is 7. The summed E-state index contributed by atoms with van der Waals surface area (Å²) in [6, 6.07) is 1.56. The molecule has 0 N–H and O–H groups in total. The molecule has 6 nitrogen and oxygen atoms in total. The van der Waals surface area contributed by atoms with Gasteiger partial charge in [0.1, 0.15) is 0 Å². The molecule has 0 saturated carbocycles. The van der Waals surface area contributed by atoms with E-state index < -0.39 is 71.2 Å². The third kappa shape index (κ3) is 6.86. The van der Waals surface area contributed by atoms with Crippen LogP contribution >= 0.6 is 0 Å². The standard InChI is InChI=1S/C27H27F9N2O4/c1-5-19-12-22(20-11-16(25(28,29)30)6-7-21(20)38(19)24(2,3)42-14-39)37(23(40)41-4)13-15-8-17(26(31,32)33)10-18(9-15)27(34,35)36/h6-11,14,19,22H,5,12-13H2,1-4H3. The number of fused-ring (bicyclic) bond motifs is 1. The smallest absolute Gasteiger partial charge is 0.416 e. The number of nitrogens with zero attached hydrogens (tertiary/aromatic N) is 2. The fourth-order valence-corrected chi connectivity index (χ4v) is 5.18. The van der Waals surface area contributed by atoms with Crippen molar-refractivity contribution in [3.05, 3.63) is 64.2 Å². The summed E-state index contributed by atoms with van der Waals surface area (Å²) < 4.78 is 132. The molecule has 2 unspecified atom stereocenters. The van der Waals surface area contributed by atoms with Crippen LogP contribution in [0.3, 0.4) is 0 Å². The van der Waals surface area contributed by atoms with E-state index in [9.17, 15) is 49.1 Å². The first-order chi connectivity index (χ1) is 19.2. The second-order valence-corrected chi connectivity index (χ2v) is 10.1. The zero-order valence-electron chi connectivity index (χ0n) is 22.7. The van der Waals surface area contributed by atoms with Gasteiger partial charge in [0.15, 0.2) is 5.72 Å². The molecule has 0 spiro atoms. The van der Waals surface area contributed by atoms with Crippen LogP contribution in [0.1, 0.15) is 67.5 Å². The lowest BCUT2D eigenvalue weighted by atomic mass is 9.86. The molecule has 1 aliphatic rings. The Balaban J connectivity index is 2.26. The van der Waals surface area contributed by atoms with Crippen molar-refractivity contribution in [2.75, 3.05) is 12.0 Å². The molecule has 3 rings (SSSR count). The molecule has 1 amide bonds. The van der Waals surface area contributed by atoms with E-state index in [2.05, 4.69) is 0 Å².